The van der Waals surface area contributed by atoms with E-state index < -0.39 is 24.5 Å². The fraction of sp³-hybridized carbons (Fsp3) is 0.316. The number of carbonyl (C=O) groups is 3. The van der Waals surface area contributed by atoms with Crippen LogP contribution >= 0.6 is 11.3 Å². The second kappa shape index (κ2) is 10.4. The van der Waals surface area contributed by atoms with Gasteiger partial charge < -0.3 is 24.3 Å². The van der Waals surface area contributed by atoms with Crippen LogP contribution in [0.1, 0.15) is 17.3 Å². The number of carbonyl (C=O) groups excluding carboxylic acids is 3. The zero-order valence-corrected chi connectivity index (χ0v) is 16.6. The first-order chi connectivity index (χ1) is 13.5. The smallest absolute Gasteiger partial charge is 0.341 e. The topological polar surface area (TPSA) is 100 Å². The maximum atomic E-state index is 12.5. The molecule has 0 bridgehead atoms. The van der Waals surface area contributed by atoms with Crippen LogP contribution in [0.15, 0.2) is 29.6 Å². The Labute approximate surface area is 166 Å². The lowest BCUT2D eigenvalue weighted by molar-refractivity contribution is -0.150. The van der Waals surface area contributed by atoms with E-state index in [9.17, 15) is 14.4 Å². The minimum Gasteiger partial charge on any atom is -0.497 e. The van der Waals surface area contributed by atoms with Crippen molar-refractivity contribution in [2.45, 2.75) is 6.92 Å². The highest BCUT2D eigenvalue weighted by atomic mass is 32.1. The maximum absolute atomic E-state index is 12.5. The van der Waals surface area contributed by atoms with Crippen molar-refractivity contribution in [3.8, 4) is 16.9 Å². The van der Waals surface area contributed by atoms with E-state index in [1.54, 1.807) is 31.5 Å². The molecule has 1 aromatic carbocycles. The van der Waals surface area contributed by atoms with Crippen molar-refractivity contribution in [2.24, 2.45) is 0 Å². The van der Waals surface area contributed by atoms with Crippen molar-refractivity contribution in [3.05, 3.63) is 35.2 Å². The van der Waals surface area contributed by atoms with Gasteiger partial charge in [-0.3, -0.25) is 4.79 Å². The molecule has 0 aliphatic rings. The molecule has 0 aliphatic carbocycles. The van der Waals surface area contributed by atoms with Gasteiger partial charge in [-0.1, -0.05) is 12.1 Å². The fourth-order valence-electron chi connectivity index (χ4n) is 2.31. The number of ether oxygens (including phenoxy) is 4. The number of methoxy groups -OCH3 is 2. The summed E-state index contributed by atoms with van der Waals surface area (Å²) in [4.78, 5) is 35.9. The minimum absolute atomic E-state index is 0.193. The van der Waals surface area contributed by atoms with Gasteiger partial charge in [-0.15, -0.1) is 11.3 Å². The molecule has 0 radical (unpaired) electrons. The normalized spacial score (nSPS) is 10.2. The molecule has 1 N–H and O–H groups in total. The van der Waals surface area contributed by atoms with E-state index in [0.29, 0.717) is 16.3 Å². The van der Waals surface area contributed by atoms with E-state index in [1.807, 2.05) is 12.1 Å². The Kier molecular flexibility index (Phi) is 7.97. The maximum Gasteiger partial charge on any atom is 0.341 e. The Morgan fingerprint density at radius 2 is 1.75 bits per heavy atom. The van der Waals surface area contributed by atoms with Crippen LogP contribution in [0.3, 0.4) is 0 Å². The van der Waals surface area contributed by atoms with E-state index in [2.05, 4.69) is 10.1 Å². The SMILES string of the molecule is CCOC(=O)c1c(-c2ccc(OC)cc2)csc1NC(=O)COC(=O)COC. The summed E-state index contributed by atoms with van der Waals surface area (Å²) in [5.74, 6) is -1.10. The summed E-state index contributed by atoms with van der Waals surface area (Å²) >= 11 is 1.18. The number of amides is 1. The second-order valence-corrected chi connectivity index (χ2v) is 6.32. The summed E-state index contributed by atoms with van der Waals surface area (Å²) in [5, 5.41) is 4.66. The standard InChI is InChI=1S/C19H21NO7S/c1-4-26-19(23)17-14(12-5-7-13(25-3)8-6-12)11-28-18(17)20-15(21)9-27-16(22)10-24-2/h5-8,11H,4,9-10H2,1-3H3,(H,20,21). The molecule has 0 unspecified atom stereocenters. The zero-order chi connectivity index (χ0) is 20.5. The van der Waals surface area contributed by atoms with Gasteiger partial charge in [0.1, 0.15) is 22.9 Å². The number of anilines is 1. The number of benzene rings is 1. The van der Waals surface area contributed by atoms with Crippen molar-refractivity contribution < 1.29 is 33.3 Å². The zero-order valence-electron chi connectivity index (χ0n) is 15.8. The molecular formula is C19H21NO7S. The van der Waals surface area contributed by atoms with Gasteiger partial charge in [-0.05, 0) is 24.6 Å². The molecule has 1 amide bonds. The van der Waals surface area contributed by atoms with Crippen molar-refractivity contribution in [1.82, 2.24) is 0 Å². The summed E-state index contributed by atoms with van der Waals surface area (Å²) in [6, 6.07) is 7.16. The molecule has 1 heterocycles. The van der Waals surface area contributed by atoms with Crippen LogP contribution in [0.4, 0.5) is 5.00 Å². The van der Waals surface area contributed by atoms with Gasteiger partial charge in [0.05, 0.1) is 13.7 Å². The Hall–Kier alpha value is -2.91. The van der Waals surface area contributed by atoms with E-state index in [-0.39, 0.29) is 18.8 Å². The summed E-state index contributed by atoms with van der Waals surface area (Å²) in [5.41, 5.74) is 1.64. The largest absolute Gasteiger partial charge is 0.497 e. The first-order valence-corrected chi connectivity index (χ1v) is 9.25. The molecule has 1 aromatic heterocycles. The van der Waals surface area contributed by atoms with E-state index in [0.717, 1.165) is 5.56 Å². The predicted octanol–water partition coefficient (Wildman–Crippen LogP) is 2.73. The first kappa shape index (κ1) is 21.4. The predicted molar refractivity (Wildman–Crippen MR) is 104 cm³/mol. The van der Waals surface area contributed by atoms with Crippen LogP contribution in [0, 0.1) is 0 Å². The van der Waals surface area contributed by atoms with Crippen LogP contribution in [-0.4, -0.2) is 51.9 Å². The molecule has 150 valence electrons. The van der Waals surface area contributed by atoms with Crippen LogP contribution in [-0.2, 0) is 23.8 Å². The Bertz CT molecular complexity index is 829. The van der Waals surface area contributed by atoms with E-state index >= 15 is 0 Å². The first-order valence-electron chi connectivity index (χ1n) is 8.37. The van der Waals surface area contributed by atoms with E-state index in [4.69, 9.17) is 14.2 Å². The molecule has 2 rings (SSSR count). The van der Waals surface area contributed by atoms with Gasteiger partial charge in [0, 0.05) is 18.1 Å². The van der Waals surface area contributed by atoms with Gasteiger partial charge in [-0.25, -0.2) is 9.59 Å². The van der Waals surface area contributed by atoms with Crippen LogP contribution in [0.2, 0.25) is 0 Å². The van der Waals surface area contributed by atoms with Crippen LogP contribution < -0.4 is 10.1 Å². The lowest BCUT2D eigenvalue weighted by Gasteiger charge is -2.09. The lowest BCUT2D eigenvalue weighted by atomic mass is 10.0. The van der Waals surface area contributed by atoms with Gasteiger partial charge in [0.2, 0.25) is 0 Å². The number of esters is 2. The summed E-state index contributed by atoms with van der Waals surface area (Å²) in [6.45, 7) is 1.16. The molecule has 0 saturated heterocycles. The average molecular weight is 407 g/mol. The molecular weight excluding hydrogens is 386 g/mol. The number of thiophene rings is 1. The minimum atomic E-state index is -0.659. The van der Waals surface area contributed by atoms with E-state index in [1.165, 1.54) is 18.4 Å². The highest BCUT2D eigenvalue weighted by Gasteiger charge is 2.23. The molecule has 0 spiro atoms. The quantitative estimate of drug-likeness (QED) is 0.638. The number of nitrogens with one attached hydrogen (secondary N) is 1. The third kappa shape index (κ3) is 5.54. The van der Waals surface area contributed by atoms with Crippen molar-refractivity contribution >= 4 is 34.2 Å². The highest BCUT2D eigenvalue weighted by molar-refractivity contribution is 7.15. The van der Waals surface area contributed by atoms with Crippen molar-refractivity contribution in [1.29, 1.82) is 0 Å². The Morgan fingerprint density at radius 3 is 2.36 bits per heavy atom. The highest BCUT2D eigenvalue weighted by Crippen LogP contribution is 2.36. The van der Waals surface area contributed by atoms with Crippen LogP contribution in [0.5, 0.6) is 5.75 Å². The Morgan fingerprint density at radius 1 is 1.04 bits per heavy atom. The fourth-order valence-corrected chi connectivity index (χ4v) is 3.28. The number of hydrogen-bond donors (Lipinski definition) is 1. The number of rotatable bonds is 9. The van der Waals surface area contributed by atoms with Crippen molar-refractivity contribution in [3.63, 3.8) is 0 Å². The Balaban J connectivity index is 2.24. The average Bonchev–Trinajstić information content (AvgIpc) is 3.10. The van der Waals surface area contributed by atoms with Gasteiger partial charge >= 0.3 is 11.9 Å². The van der Waals surface area contributed by atoms with Crippen molar-refractivity contribution in [2.75, 3.05) is 39.4 Å². The third-order valence-corrected chi connectivity index (χ3v) is 4.45. The second-order valence-electron chi connectivity index (χ2n) is 5.44. The molecule has 0 saturated carbocycles. The molecule has 9 heteroatoms. The molecule has 8 nitrogen and oxygen atoms in total. The summed E-state index contributed by atoms with van der Waals surface area (Å²) < 4.78 is 19.7. The lowest BCUT2D eigenvalue weighted by Crippen LogP contribution is -2.23. The van der Waals surface area contributed by atoms with Gasteiger partial charge in [-0.2, -0.15) is 0 Å². The monoisotopic (exact) mass is 407 g/mol. The molecule has 0 aliphatic heterocycles. The molecule has 0 atom stereocenters. The third-order valence-electron chi connectivity index (χ3n) is 3.55. The number of hydrogen-bond acceptors (Lipinski definition) is 8. The van der Waals surface area contributed by atoms with Crippen LogP contribution in [0.25, 0.3) is 11.1 Å². The van der Waals surface area contributed by atoms with Gasteiger partial charge in [0.15, 0.2) is 6.61 Å². The van der Waals surface area contributed by atoms with Gasteiger partial charge in [0.25, 0.3) is 5.91 Å². The summed E-state index contributed by atoms with van der Waals surface area (Å²) in [7, 11) is 2.91. The molecule has 2 aromatic rings. The summed E-state index contributed by atoms with van der Waals surface area (Å²) in [6.07, 6.45) is 0. The molecule has 0 fully saturated rings. The molecule has 28 heavy (non-hydrogen) atoms.